The van der Waals surface area contributed by atoms with Gasteiger partial charge in [0, 0.05) is 31.3 Å². The minimum absolute atomic E-state index is 0.0378. The summed E-state index contributed by atoms with van der Waals surface area (Å²) in [6.45, 7) is 0.921. The summed E-state index contributed by atoms with van der Waals surface area (Å²) in [5.41, 5.74) is 1.58. The maximum Gasteiger partial charge on any atom is 0.239 e. The van der Waals surface area contributed by atoms with Crippen molar-refractivity contribution in [2.75, 3.05) is 25.0 Å². The Labute approximate surface area is 94.2 Å². The predicted octanol–water partition coefficient (Wildman–Crippen LogP) is 0.825. The van der Waals surface area contributed by atoms with E-state index in [-0.39, 0.29) is 11.7 Å². The Morgan fingerprint density at radius 1 is 1.44 bits per heavy atom. The summed E-state index contributed by atoms with van der Waals surface area (Å²) in [4.78, 5) is 24.9. The van der Waals surface area contributed by atoms with E-state index in [1.165, 1.54) is 0 Å². The summed E-state index contributed by atoms with van der Waals surface area (Å²) in [6, 6.07) is 7.43. The molecular formula is C12H14N2O2. The molecule has 0 saturated carbocycles. The number of Topliss-reactive ketones (excluding diaryl/α,β-unsaturated/α-hetero) is 1. The van der Waals surface area contributed by atoms with Crippen molar-refractivity contribution >= 4 is 17.4 Å². The second kappa shape index (κ2) is 4.35. The summed E-state index contributed by atoms with van der Waals surface area (Å²) >= 11 is 0. The standard InChI is InChI=1S/C12H14N2O2/c1-13-12(16)8-14-7-6-11(15)9-4-2-3-5-10(9)14/h2-5H,6-8H2,1H3,(H,13,16). The van der Waals surface area contributed by atoms with Crippen LogP contribution in [0.2, 0.25) is 0 Å². The number of anilines is 1. The third-order valence-electron chi connectivity index (χ3n) is 2.77. The van der Waals surface area contributed by atoms with Crippen molar-refractivity contribution < 1.29 is 9.59 Å². The predicted molar refractivity (Wildman–Crippen MR) is 61.7 cm³/mol. The highest BCUT2D eigenvalue weighted by Gasteiger charge is 2.23. The molecule has 1 amide bonds. The third-order valence-corrected chi connectivity index (χ3v) is 2.77. The topological polar surface area (TPSA) is 49.4 Å². The molecule has 1 aromatic carbocycles. The quantitative estimate of drug-likeness (QED) is 0.799. The first-order valence-electron chi connectivity index (χ1n) is 5.30. The van der Waals surface area contributed by atoms with Gasteiger partial charge in [-0.25, -0.2) is 0 Å². The Morgan fingerprint density at radius 2 is 2.19 bits per heavy atom. The number of hydrogen-bond acceptors (Lipinski definition) is 3. The molecule has 0 atom stereocenters. The Hall–Kier alpha value is -1.84. The summed E-state index contributed by atoms with van der Waals surface area (Å²) in [5, 5.41) is 2.59. The molecule has 84 valence electrons. The normalized spacial score (nSPS) is 14.6. The first-order chi connectivity index (χ1) is 7.72. The number of carbonyl (C=O) groups excluding carboxylic acids is 2. The molecule has 0 aliphatic carbocycles. The minimum Gasteiger partial charge on any atom is -0.361 e. The minimum atomic E-state index is -0.0378. The van der Waals surface area contributed by atoms with Gasteiger partial charge in [0.05, 0.1) is 6.54 Å². The Bertz CT molecular complexity index is 429. The van der Waals surface area contributed by atoms with Crippen molar-refractivity contribution in [1.29, 1.82) is 0 Å². The molecule has 1 aliphatic rings. The van der Waals surface area contributed by atoms with Crippen LogP contribution in [0.5, 0.6) is 0 Å². The number of nitrogens with zero attached hydrogens (tertiary/aromatic N) is 1. The lowest BCUT2D eigenvalue weighted by Crippen LogP contribution is -2.39. The van der Waals surface area contributed by atoms with E-state index < -0.39 is 0 Å². The molecule has 1 N–H and O–H groups in total. The third kappa shape index (κ3) is 1.91. The van der Waals surface area contributed by atoms with Crippen LogP contribution in [0.15, 0.2) is 24.3 Å². The molecule has 16 heavy (non-hydrogen) atoms. The molecule has 1 heterocycles. The summed E-state index contributed by atoms with van der Waals surface area (Å²) in [7, 11) is 1.61. The van der Waals surface area contributed by atoms with Crippen LogP contribution >= 0.6 is 0 Å². The number of benzene rings is 1. The van der Waals surface area contributed by atoms with E-state index in [0.29, 0.717) is 19.5 Å². The number of nitrogens with one attached hydrogen (secondary N) is 1. The maximum atomic E-state index is 11.7. The highest BCUT2D eigenvalue weighted by Crippen LogP contribution is 2.26. The molecule has 4 heteroatoms. The molecule has 1 aromatic rings. The zero-order valence-corrected chi connectivity index (χ0v) is 9.19. The van der Waals surface area contributed by atoms with Crippen molar-refractivity contribution in [2.24, 2.45) is 0 Å². The van der Waals surface area contributed by atoms with Gasteiger partial charge in [0.2, 0.25) is 5.91 Å². The van der Waals surface area contributed by atoms with Crippen LogP contribution in [0, 0.1) is 0 Å². The number of amides is 1. The van der Waals surface area contributed by atoms with Gasteiger partial charge in [0.15, 0.2) is 5.78 Å². The number of para-hydroxylation sites is 1. The summed E-state index contributed by atoms with van der Waals surface area (Å²) < 4.78 is 0. The van der Waals surface area contributed by atoms with Gasteiger partial charge in [-0.15, -0.1) is 0 Å². The lowest BCUT2D eigenvalue weighted by molar-refractivity contribution is -0.119. The highest BCUT2D eigenvalue weighted by atomic mass is 16.2. The number of likely N-dealkylation sites (N-methyl/N-ethyl adjacent to an activating group) is 1. The van der Waals surface area contributed by atoms with Crippen LogP contribution in [-0.2, 0) is 4.79 Å². The van der Waals surface area contributed by atoms with Crippen LogP contribution in [-0.4, -0.2) is 31.8 Å². The molecule has 0 fully saturated rings. The van der Waals surface area contributed by atoms with E-state index in [4.69, 9.17) is 0 Å². The summed E-state index contributed by atoms with van der Waals surface area (Å²) in [5.74, 6) is 0.118. The smallest absolute Gasteiger partial charge is 0.239 e. The fraction of sp³-hybridized carbons (Fsp3) is 0.333. The molecule has 2 rings (SSSR count). The van der Waals surface area contributed by atoms with Gasteiger partial charge in [-0.3, -0.25) is 9.59 Å². The number of hydrogen-bond donors (Lipinski definition) is 1. The zero-order valence-electron chi connectivity index (χ0n) is 9.19. The van der Waals surface area contributed by atoms with Gasteiger partial charge in [-0.05, 0) is 12.1 Å². The van der Waals surface area contributed by atoms with E-state index >= 15 is 0 Å². The zero-order chi connectivity index (χ0) is 11.5. The second-order valence-corrected chi connectivity index (χ2v) is 3.79. The number of ketones is 1. The van der Waals surface area contributed by atoms with Crippen molar-refractivity contribution in [3.8, 4) is 0 Å². The second-order valence-electron chi connectivity index (χ2n) is 3.79. The van der Waals surface area contributed by atoms with Crippen molar-refractivity contribution in [3.05, 3.63) is 29.8 Å². The Morgan fingerprint density at radius 3 is 2.94 bits per heavy atom. The van der Waals surface area contributed by atoms with E-state index in [1.54, 1.807) is 7.05 Å². The molecule has 0 spiro atoms. The first-order valence-corrected chi connectivity index (χ1v) is 5.30. The highest BCUT2D eigenvalue weighted by molar-refractivity contribution is 6.03. The van der Waals surface area contributed by atoms with Crippen LogP contribution in [0.1, 0.15) is 16.8 Å². The van der Waals surface area contributed by atoms with Gasteiger partial charge < -0.3 is 10.2 Å². The van der Waals surface area contributed by atoms with E-state index in [2.05, 4.69) is 5.32 Å². The number of rotatable bonds is 2. The molecule has 0 unspecified atom stereocenters. The van der Waals surface area contributed by atoms with Gasteiger partial charge in [-0.1, -0.05) is 12.1 Å². The Balaban J connectivity index is 2.28. The lowest BCUT2D eigenvalue weighted by atomic mass is 10.0. The van der Waals surface area contributed by atoms with Gasteiger partial charge in [0.25, 0.3) is 0 Å². The van der Waals surface area contributed by atoms with Crippen LogP contribution in [0.25, 0.3) is 0 Å². The Kier molecular flexibility index (Phi) is 2.90. The fourth-order valence-electron chi connectivity index (χ4n) is 1.89. The lowest BCUT2D eigenvalue weighted by Gasteiger charge is -2.29. The van der Waals surface area contributed by atoms with E-state index in [9.17, 15) is 9.59 Å². The fourth-order valence-corrected chi connectivity index (χ4v) is 1.89. The molecule has 0 bridgehead atoms. The number of carbonyl (C=O) groups is 2. The molecule has 4 nitrogen and oxygen atoms in total. The first kappa shape index (κ1) is 10.7. The van der Waals surface area contributed by atoms with E-state index in [1.807, 2.05) is 29.2 Å². The average molecular weight is 218 g/mol. The monoisotopic (exact) mass is 218 g/mol. The molecule has 0 radical (unpaired) electrons. The molecule has 0 aromatic heterocycles. The van der Waals surface area contributed by atoms with Crippen LogP contribution in [0.4, 0.5) is 5.69 Å². The van der Waals surface area contributed by atoms with Gasteiger partial charge in [-0.2, -0.15) is 0 Å². The largest absolute Gasteiger partial charge is 0.361 e. The van der Waals surface area contributed by atoms with Crippen LogP contribution in [0.3, 0.4) is 0 Å². The molecular weight excluding hydrogens is 204 g/mol. The molecule has 0 saturated heterocycles. The van der Waals surface area contributed by atoms with Crippen molar-refractivity contribution in [1.82, 2.24) is 5.32 Å². The SMILES string of the molecule is CNC(=O)CN1CCC(=O)c2ccccc21. The maximum absolute atomic E-state index is 11.7. The van der Waals surface area contributed by atoms with Gasteiger partial charge >= 0.3 is 0 Å². The average Bonchev–Trinajstić information content (AvgIpc) is 2.33. The number of fused-ring (bicyclic) bond motifs is 1. The van der Waals surface area contributed by atoms with Crippen molar-refractivity contribution in [3.63, 3.8) is 0 Å². The van der Waals surface area contributed by atoms with E-state index in [0.717, 1.165) is 11.3 Å². The van der Waals surface area contributed by atoms with Gasteiger partial charge in [0.1, 0.15) is 0 Å². The summed E-state index contributed by atoms with van der Waals surface area (Å²) in [6.07, 6.45) is 0.480. The van der Waals surface area contributed by atoms with Crippen molar-refractivity contribution in [2.45, 2.75) is 6.42 Å². The molecule has 1 aliphatic heterocycles. The van der Waals surface area contributed by atoms with Crippen LogP contribution < -0.4 is 10.2 Å².